The molecule has 2 N–H and O–H groups in total. The molecule has 4 aromatic rings. The number of anilines is 1. The molecule has 2 amide bonds. The second-order valence-corrected chi connectivity index (χ2v) is 6.98. The number of thiazole rings is 1. The van der Waals surface area contributed by atoms with Crippen molar-refractivity contribution in [1.82, 2.24) is 15.3 Å². The highest BCUT2D eigenvalue weighted by atomic mass is 32.1. The maximum absolute atomic E-state index is 11.9. The number of urea groups is 1. The average Bonchev–Trinajstić information content (AvgIpc) is 3.11. The Kier molecular flexibility index (Phi) is 4.80. The Labute approximate surface area is 161 Å². The molecule has 0 aliphatic heterocycles. The molecule has 0 unspecified atom stereocenters. The second-order valence-electron chi connectivity index (χ2n) is 5.98. The first-order valence-corrected chi connectivity index (χ1v) is 9.51. The van der Waals surface area contributed by atoms with Crippen LogP contribution in [0.15, 0.2) is 67.0 Å². The van der Waals surface area contributed by atoms with Crippen molar-refractivity contribution in [1.29, 1.82) is 0 Å². The second kappa shape index (κ2) is 7.55. The monoisotopic (exact) mass is 374 g/mol. The number of carbonyl (C=O) groups excluding carboxylic acids is 1. The van der Waals surface area contributed by atoms with E-state index in [1.807, 2.05) is 49.5 Å². The van der Waals surface area contributed by atoms with Gasteiger partial charge < -0.3 is 5.32 Å². The standard InChI is InChI=1S/C21H18N4OS/c1-2-23-20(26)25-21-24-18-12-16(15-9-6-10-22-13-15)11-17(19(18)27-21)14-7-4-3-5-8-14/h3-13H,2H2,1H3,(H2,23,24,25,26). The van der Waals surface area contributed by atoms with Gasteiger partial charge in [-0.15, -0.1) is 0 Å². The molecule has 0 bridgehead atoms. The Morgan fingerprint density at radius 3 is 2.59 bits per heavy atom. The number of amides is 2. The van der Waals surface area contributed by atoms with Gasteiger partial charge in [0.15, 0.2) is 5.13 Å². The minimum Gasteiger partial charge on any atom is -0.338 e. The molecule has 0 aliphatic rings. The number of fused-ring (bicyclic) bond motifs is 1. The Balaban J connectivity index is 1.86. The minimum atomic E-state index is -0.245. The topological polar surface area (TPSA) is 66.9 Å². The largest absolute Gasteiger partial charge is 0.338 e. The van der Waals surface area contributed by atoms with Gasteiger partial charge in [0.2, 0.25) is 0 Å². The van der Waals surface area contributed by atoms with E-state index in [-0.39, 0.29) is 6.03 Å². The minimum absolute atomic E-state index is 0.245. The van der Waals surface area contributed by atoms with Crippen molar-refractivity contribution in [2.75, 3.05) is 11.9 Å². The van der Waals surface area contributed by atoms with E-state index in [4.69, 9.17) is 0 Å². The number of aromatic nitrogens is 2. The van der Waals surface area contributed by atoms with Gasteiger partial charge in [-0.25, -0.2) is 9.78 Å². The normalized spacial score (nSPS) is 10.7. The van der Waals surface area contributed by atoms with Crippen molar-refractivity contribution in [3.63, 3.8) is 0 Å². The lowest BCUT2D eigenvalue weighted by Gasteiger charge is -2.07. The van der Waals surface area contributed by atoms with E-state index in [2.05, 4.69) is 38.8 Å². The van der Waals surface area contributed by atoms with Crippen molar-refractivity contribution >= 4 is 32.7 Å². The van der Waals surface area contributed by atoms with Gasteiger partial charge in [-0.1, -0.05) is 47.7 Å². The van der Waals surface area contributed by atoms with Gasteiger partial charge in [0.25, 0.3) is 0 Å². The number of benzene rings is 2. The SMILES string of the molecule is CCNC(=O)Nc1nc2cc(-c3cccnc3)cc(-c3ccccc3)c2s1. The molecule has 0 radical (unpaired) electrons. The van der Waals surface area contributed by atoms with Crippen molar-refractivity contribution in [2.24, 2.45) is 0 Å². The highest BCUT2D eigenvalue weighted by Gasteiger charge is 2.14. The lowest BCUT2D eigenvalue weighted by Crippen LogP contribution is -2.28. The summed E-state index contributed by atoms with van der Waals surface area (Å²) < 4.78 is 1.04. The summed E-state index contributed by atoms with van der Waals surface area (Å²) in [7, 11) is 0. The van der Waals surface area contributed by atoms with Gasteiger partial charge in [0, 0.05) is 30.1 Å². The fourth-order valence-electron chi connectivity index (χ4n) is 2.92. The maximum Gasteiger partial charge on any atom is 0.321 e. The molecule has 6 heteroatoms. The Morgan fingerprint density at radius 1 is 1.04 bits per heavy atom. The van der Waals surface area contributed by atoms with E-state index in [1.54, 1.807) is 6.20 Å². The first-order valence-electron chi connectivity index (χ1n) is 8.70. The van der Waals surface area contributed by atoms with Gasteiger partial charge >= 0.3 is 6.03 Å². The molecular formula is C21H18N4OS. The van der Waals surface area contributed by atoms with Crippen LogP contribution in [0.5, 0.6) is 0 Å². The molecule has 27 heavy (non-hydrogen) atoms. The first-order chi connectivity index (χ1) is 13.2. The molecule has 0 saturated carbocycles. The molecular weight excluding hydrogens is 356 g/mol. The zero-order valence-corrected chi connectivity index (χ0v) is 15.6. The molecule has 2 heterocycles. The highest BCUT2D eigenvalue weighted by Crippen LogP contribution is 2.38. The average molecular weight is 374 g/mol. The van der Waals surface area contributed by atoms with E-state index >= 15 is 0 Å². The van der Waals surface area contributed by atoms with Crippen LogP contribution >= 0.6 is 11.3 Å². The van der Waals surface area contributed by atoms with Crippen LogP contribution in [0, 0.1) is 0 Å². The molecule has 2 aromatic carbocycles. The third-order valence-corrected chi connectivity index (χ3v) is 5.15. The number of carbonyl (C=O) groups is 1. The van der Waals surface area contributed by atoms with Crippen LogP contribution in [0.2, 0.25) is 0 Å². The number of pyridine rings is 1. The quantitative estimate of drug-likeness (QED) is 0.518. The van der Waals surface area contributed by atoms with Crippen LogP contribution in [-0.2, 0) is 0 Å². The summed E-state index contributed by atoms with van der Waals surface area (Å²) in [5.41, 5.74) is 5.13. The summed E-state index contributed by atoms with van der Waals surface area (Å²) >= 11 is 1.48. The lowest BCUT2D eigenvalue weighted by atomic mass is 9.99. The number of rotatable bonds is 4. The van der Waals surface area contributed by atoms with Crippen molar-refractivity contribution < 1.29 is 4.79 Å². The van der Waals surface area contributed by atoms with Crippen molar-refractivity contribution in [2.45, 2.75) is 6.92 Å². The Morgan fingerprint density at radius 2 is 1.85 bits per heavy atom. The van der Waals surface area contributed by atoms with Gasteiger partial charge in [-0.3, -0.25) is 10.3 Å². The summed E-state index contributed by atoms with van der Waals surface area (Å²) in [5, 5.41) is 6.13. The third kappa shape index (κ3) is 3.66. The summed E-state index contributed by atoms with van der Waals surface area (Å²) in [5.74, 6) is 0. The van der Waals surface area contributed by atoms with Crippen LogP contribution in [-0.4, -0.2) is 22.5 Å². The molecule has 5 nitrogen and oxygen atoms in total. The van der Waals surface area contributed by atoms with Crippen LogP contribution in [0.4, 0.5) is 9.93 Å². The molecule has 4 rings (SSSR count). The summed E-state index contributed by atoms with van der Waals surface area (Å²) in [4.78, 5) is 20.7. The van der Waals surface area contributed by atoms with Gasteiger partial charge in [-0.2, -0.15) is 0 Å². The molecule has 0 spiro atoms. The smallest absolute Gasteiger partial charge is 0.321 e. The Bertz CT molecular complexity index is 1080. The zero-order chi connectivity index (χ0) is 18.6. The van der Waals surface area contributed by atoms with E-state index in [1.165, 1.54) is 11.3 Å². The van der Waals surface area contributed by atoms with E-state index in [0.717, 1.165) is 32.5 Å². The summed E-state index contributed by atoms with van der Waals surface area (Å²) in [6.45, 7) is 2.45. The zero-order valence-electron chi connectivity index (χ0n) is 14.8. The fourth-order valence-corrected chi connectivity index (χ4v) is 3.90. The Hall–Kier alpha value is -3.25. The predicted octanol–water partition coefficient (Wildman–Crippen LogP) is 5.17. The van der Waals surface area contributed by atoms with E-state index in [9.17, 15) is 4.79 Å². The van der Waals surface area contributed by atoms with Gasteiger partial charge in [0.05, 0.1) is 10.2 Å². The lowest BCUT2D eigenvalue weighted by molar-refractivity contribution is 0.252. The first kappa shape index (κ1) is 17.2. The number of nitrogens with one attached hydrogen (secondary N) is 2. The summed E-state index contributed by atoms with van der Waals surface area (Å²) in [6, 6.07) is 18.1. The van der Waals surface area contributed by atoms with Crippen LogP contribution in [0.3, 0.4) is 0 Å². The van der Waals surface area contributed by atoms with Crippen LogP contribution in [0.25, 0.3) is 32.5 Å². The van der Waals surface area contributed by atoms with Crippen LogP contribution < -0.4 is 10.6 Å². The molecule has 0 saturated heterocycles. The van der Waals surface area contributed by atoms with Gasteiger partial charge in [-0.05, 0) is 36.2 Å². The third-order valence-electron chi connectivity index (χ3n) is 4.13. The van der Waals surface area contributed by atoms with Crippen molar-refractivity contribution in [3.8, 4) is 22.3 Å². The molecule has 0 aliphatic carbocycles. The highest BCUT2D eigenvalue weighted by molar-refractivity contribution is 7.22. The molecule has 0 fully saturated rings. The number of hydrogen-bond acceptors (Lipinski definition) is 4. The van der Waals surface area contributed by atoms with Crippen molar-refractivity contribution in [3.05, 3.63) is 67.0 Å². The van der Waals surface area contributed by atoms with E-state index in [0.29, 0.717) is 11.7 Å². The van der Waals surface area contributed by atoms with E-state index < -0.39 is 0 Å². The molecule has 134 valence electrons. The maximum atomic E-state index is 11.9. The number of hydrogen-bond donors (Lipinski definition) is 2. The number of nitrogens with zero attached hydrogens (tertiary/aromatic N) is 2. The van der Waals surface area contributed by atoms with Crippen LogP contribution in [0.1, 0.15) is 6.92 Å². The summed E-state index contributed by atoms with van der Waals surface area (Å²) in [6.07, 6.45) is 3.60. The van der Waals surface area contributed by atoms with Gasteiger partial charge in [0.1, 0.15) is 0 Å². The predicted molar refractivity (Wildman–Crippen MR) is 111 cm³/mol. The fraction of sp³-hybridized carbons (Fsp3) is 0.0952. The molecule has 0 atom stereocenters. The molecule has 2 aromatic heterocycles.